The van der Waals surface area contributed by atoms with Crippen LogP contribution in [-0.4, -0.2) is 17.3 Å². The number of rotatable bonds is 3. The highest BCUT2D eigenvalue weighted by Gasteiger charge is 2.41. The van der Waals surface area contributed by atoms with Crippen LogP contribution in [0.1, 0.15) is 19.8 Å². The fourth-order valence-corrected chi connectivity index (χ4v) is 2.65. The predicted molar refractivity (Wildman–Crippen MR) is 66.0 cm³/mol. The molecule has 0 spiro atoms. The van der Waals surface area contributed by atoms with Crippen LogP contribution in [0.5, 0.6) is 0 Å². The molecule has 1 fully saturated rings. The first kappa shape index (κ1) is 11.0. The van der Waals surface area contributed by atoms with Gasteiger partial charge in [-0.3, -0.25) is 0 Å². The molecule has 1 aliphatic carbocycles. The fourth-order valence-electron chi connectivity index (χ4n) is 2.38. The van der Waals surface area contributed by atoms with Crippen molar-refractivity contribution in [3.05, 3.63) is 28.7 Å². The van der Waals surface area contributed by atoms with Crippen LogP contribution in [0.2, 0.25) is 0 Å². The monoisotopic (exact) mass is 269 g/mol. The minimum absolute atomic E-state index is 0.0761. The molecule has 2 rings (SSSR count). The van der Waals surface area contributed by atoms with E-state index in [1.165, 1.54) is 0 Å². The molecule has 0 heterocycles. The Labute approximate surface area is 98.8 Å². The van der Waals surface area contributed by atoms with Crippen LogP contribution in [0.25, 0.3) is 0 Å². The normalized spacial score (nSPS) is 29.7. The summed E-state index contributed by atoms with van der Waals surface area (Å²) >= 11 is 3.41. The highest BCUT2D eigenvalue weighted by atomic mass is 79.9. The second-order valence-corrected chi connectivity index (χ2v) is 5.50. The van der Waals surface area contributed by atoms with Gasteiger partial charge < -0.3 is 10.4 Å². The van der Waals surface area contributed by atoms with Crippen molar-refractivity contribution in [3.8, 4) is 0 Å². The molecule has 1 aromatic carbocycles. The van der Waals surface area contributed by atoms with Crippen LogP contribution in [0.3, 0.4) is 0 Å². The molecule has 1 aromatic rings. The Morgan fingerprint density at radius 3 is 2.47 bits per heavy atom. The smallest absolute Gasteiger partial charge is 0.0661 e. The molecule has 0 aromatic heterocycles. The molecule has 82 valence electrons. The van der Waals surface area contributed by atoms with Crippen molar-refractivity contribution in [2.24, 2.45) is 5.92 Å². The van der Waals surface area contributed by atoms with Gasteiger partial charge in [0.1, 0.15) is 0 Å². The minimum Gasteiger partial charge on any atom is -0.394 e. The summed E-state index contributed by atoms with van der Waals surface area (Å²) in [5, 5.41) is 12.8. The van der Waals surface area contributed by atoms with E-state index in [4.69, 9.17) is 0 Å². The molecule has 0 bridgehead atoms. The van der Waals surface area contributed by atoms with Gasteiger partial charge in [0, 0.05) is 10.2 Å². The zero-order chi connectivity index (χ0) is 10.9. The lowest BCUT2D eigenvalue weighted by Gasteiger charge is -2.46. The highest BCUT2D eigenvalue weighted by molar-refractivity contribution is 9.10. The third-order valence-corrected chi connectivity index (χ3v) is 3.56. The van der Waals surface area contributed by atoms with Crippen molar-refractivity contribution in [2.75, 3.05) is 11.9 Å². The second-order valence-electron chi connectivity index (χ2n) is 4.58. The molecular formula is C12H16BrNO. The topological polar surface area (TPSA) is 32.3 Å². The largest absolute Gasteiger partial charge is 0.394 e. The lowest BCUT2D eigenvalue weighted by Crippen LogP contribution is -2.52. The lowest BCUT2D eigenvalue weighted by molar-refractivity contribution is 0.0992. The van der Waals surface area contributed by atoms with Crippen molar-refractivity contribution in [2.45, 2.75) is 25.3 Å². The Balaban J connectivity index is 2.04. The van der Waals surface area contributed by atoms with E-state index in [9.17, 15) is 5.11 Å². The van der Waals surface area contributed by atoms with Gasteiger partial charge in [0.05, 0.1) is 12.1 Å². The average Bonchev–Trinajstić information content (AvgIpc) is 2.18. The molecule has 0 aliphatic heterocycles. The van der Waals surface area contributed by atoms with Crippen molar-refractivity contribution in [1.82, 2.24) is 0 Å². The molecule has 1 saturated carbocycles. The quantitative estimate of drug-likeness (QED) is 0.884. The van der Waals surface area contributed by atoms with E-state index in [2.05, 4.69) is 28.2 Å². The van der Waals surface area contributed by atoms with Gasteiger partial charge in [-0.25, -0.2) is 0 Å². The number of halogens is 1. The van der Waals surface area contributed by atoms with Crippen LogP contribution in [0, 0.1) is 5.92 Å². The van der Waals surface area contributed by atoms with E-state index in [-0.39, 0.29) is 12.1 Å². The van der Waals surface area contributed by atoms with Crippen LogP contribution in [-0.2, 0) is 0 Å². The number of anilines is 1. The molecule has 0 saturated heterocycles. The van der Waals surface area contributed by atoms with Crippen LogP contribution in [0.4, 0.5) is 5.69 Å². The Hall–Kier alpha value is -0.540. The third-order valence-electron chi connectivity index (χ3n) is 3.03. The maximum absolute atomic E-state index is 9.40. The lowest BCUT2D eigenvalue weighted by atomic mass is 9.69. The molecule has 2 nitrogen and oxygen atoms in total. The maximum Gasteiger partial charge on any atom is 0.0661 e. The average molecular weight is 270 g/mol. The van der Waals surface area contributed by atoms with Gasteiger partial charge in [0.25, 0.3) is 0 Å². The first-order chi connectivity index (χ1) is 7.13. The number of benzene rings is 1. The third kappa shape index (κ3) is 2.34. The van der Waals surface area contributed by atoms with Crippen molar-refractivity contribution in [3.63, 3.8) is 0 Å². The summed E-state index contributed by atoms with van der Waals surface area (Å²) < 4.78 is 1.08. The summed E-state index contributed by atoms with van der Waals surface area (Å²) in [4.78, 5) is 0. The Bertz CT molecular complexity index is 330. The van der Waals surface area contributed by atoms with Gasteiger partial charge in [-0.15, -0.1) is 0 Å². The minimum atomic E-state index is -0.0761. The second kappa shape index (κ2) is 4.14. The van der Waals surface area contributed by atoms with E-state index >= 15 is 0 Å². The van der Waals surface area contributed by atoms with E-state index in [0.29, 0.717) is 0 Å². The molecule has 2 N–H and O–H groups in total. The van der Waals surface area contributed by atoms with Gasteiger partial charge in [-0.05, 0) is 43.0 Å². The van der Waals surface area contributed by atoms with Crippen LogP contribution >= 0.6 is 15.9 Å². The molecule has 0 radical (unpaired) electrons. The van der Waals surface area contributed by atoms with Crippen LogP contribution < -0.4 is 5.32 Å². The standard InChI is InChI=1S/C12H16BrNO/c1-9-6-12(7-9,8-15)14-11-4-2-10(13)3-5-11/h2-5,9,14-15H,6-8H2,1H3. The SMILES string of the molecule is CC1CC(CO)(Nc2ccc(Br)cc2)C1. The molecule has 15 heavy (non-hydrogen) atoms. The van der Waals surface area contributed by atoms with E-state index in [1.54, 1.807) is 0 Å². The van der Waals surface area contributed by atoms with Crippen molar-refractivity contribution < 1.29 is 5.11 Å². The summed E-state index contributed by atoms with van der Waals surface area (Å²) in [6, 6.07) is 8.08. The molecular weight excluding hydrogens is 254 g/mol. The van der Waals surface area contributed by atoms with E-state index < -0.39 is 0 Å². The summed E-state index contributed by atoms with van der Waals surface area (Å²) in [6.45, 7) is 2.44. The van der Waals surface area contributed by atoms with Gasteiger partial charge in [0.2, 0.25) is 0 Å². The maximum atomic E-state index is 9.40. The summed E-state index contributed by atoms with van der Waals surface area (Å²) in [5.41, 5.74) is 1.01. The van der Waals surface area contributed by atoms with Gasteiger partial charge in [-0.1, -0.05) is 22.9 Å². The first-order valence-corrected chi connectivity index (χ1v) is 6.07. The number of hydrogen-bond acceptors (Lipinski definition) is 2. The predicted octanol–water partition coefficient (Wildman–Crippen LogP) is 3.02. The number of nitrogens with one attached hydrogen (secondary N) is 1. The Morgan fingerprint density at radius 1 is 1.40 bits per heavy atom. The van der Waals surface area contributed by atoms with Gasteiger partial charge in [-0.2, -0.15) is 0 Å². The number of aliphatic hydroxyl groups excluding tert-OH is 1. The van der Waals surface area contributed by atoms with Gasteiger partial charge >= 0.3 is 0 Å². The molecule has 1 aliphatic rings. The molecule has 0 atom stereocenters. The summed E-state index contributed by atoms with van der Waals surface area (Å²) in [5.74, 6) is 0.722. The number of aliphatic hydroxyl groups is 1. The van der Waals surface area contributed by atoms with E-state index in [0.717, 1.165) is 28.9 Å². The zero-order valence-corrected chi connectivity index (χ0v) is 10.4. The summed E-state index contributed by atoms with van der Waals surface area (Å²) in [7, 11) is 0. The van der Waals surface area contributed by atoms with Crippen LogP contribution in [0.15, 0.2) is 28.7 Å². The van der Waals surface area contributed by atoms with Crippen molar-refractivity contribution >= 4 is 21.6 Å². The Morgan fingerprint density at radius 2 is 2.00 bits per heavy atom. The van der Waals surface area contributed by atoms with Gasteiger partial charge in [0.15, 0.2) is 0 Å². The van der Waals surface area contributed by atoms with E-state index in [1.807, 2.05) is 24.3 Å². The molecule has 3 heteroatoms. The molecule has 0 amide bonds. The number of hydrogen-bond donors (Lipinski definition) is 2. The highest BCUT2D eigenvalue weighted by Crippen LogP contribution is 2.39. The zero-order valence-electron chi connectivity index (χ0n) is 8.83. The van der Waals surface area contributed by atoms with Crippen molar-refractivity contribution in [1.29, 1.82) is 0 Å². The summed E-state index contributed by atoms with van der Waals surface area (Å²) in [6.07, 6.45) is 2.11. The fraction of sp³-hybridized carbons (Fsp3) is 0.500. The molecule has 0 unspecified atom stereocenters. The Kier molecular flexibility index (Phi) is 3.03. The first-order valence-electron chi connectivity index (χ1n) is 5.28.